The highest BCUT2D eigenvalue weighted by molar-refractivity contribution is 5.67. The lowest BCUT2D eigenvalue weighted by molar-refractivity contribution is 0.0277. The summed E-state index contributed by atoms with van der Waals surface area (Å²) in [7, 11) is 3.50. The molecule has 0 radical (unpaired) electrons. The van der Waals surface area contributed by atoms with Gasteiger partial charge in [-0.25, -0.2) is 4.79 Å². The second kappa shape index (κ2) is 5.75. The number of carbonyl (C=O) groups is 1. The van der Waals surface area contributed by atoms with E-state index in [2.05, 4.69) is 5.10 Å². The third-order valence-corrected chi connectivity index (χ3v) is 2.07. The molecule has 18 heavy (non-hydrogen) atoms. The molecule has 1 aromatic heterocycles. The van der Waals surface area contributed by atoms with Gasteiger partial charge in [0.2, 0.25) is 5.88 Å². The number of likely N-dealkylation sites (N-methyl/N-ethyl adjacent to an activating group) is 1. The molecule has 0 aromatic carbocycles. The van der Waals surface area contributed by atoms with Crippen molar-refractivity contribution in [3.8, 4) is 5.88 Å². The summed E-state index contributed by atoms with van der Waals surface area (Å²) in [4.78, 5) is 13.1. The number of rotatable bonds is 4. The van der Waals surface area contributed by atoms with Crippen LogP contribution in [0.3, 0.4) is 0 Å². The highest BCUT2D eigenvalue weighted by atomic mass is 16.6. The van der Waals surface area contributed by atoms with Gasteiger partial charge in [0.25, 0.3) is 0 Å². The summed E-state index contributed by atoms with van der Waals surface area (Å²) in [5, 5.41) is 4.07. The highest BCUT2D eigenvalue weighted by Gasteiger charge is 2.19. The Morgan fingerprint density at radius 1 is 1.50 bits per heavy atom. The third-order valence-electron chi connectivity index (χ3n) is 2.07. The molecule has 0 fully saturated rings. The van der Waals surface area contributed by atoms with E-state index in [4.69, 9.17) is 9.47 Å². The molecule has 0 aliphatic carbocycles. The summed E-state index contributed by atoms with van der Waals surface area (Å²) in [6.07, 6.45) is 1.44. The molecule has 6 heteroatoms. The number of hydrogen-bond donors (Lipinski definition) is 0. The molecular weight excluding hydrogens is 234 g/mol. The zero-order valence-electron chi connectivity index (χ0n) is 11.6. The molecule has 0 N–H and O–H groups in total. The van der Waals surface area contributed by atoms with E-state index < -0.39 is 5.60 Å². The van der Waals surface area contributed by atoms with E-state index in [0.29, 0.717) is 19.0 Å². The summed E-state index contributed by atoms with van der Waals surface area (Å²) >= 11 is 0. The van der Waals surface area contributed by atoms with Crippen LogP contribution in [0.25, 0.3) is 0 Å². The van der Waals surface area contributed by atoms with Gasteiger partial charge in [0.1, 0.15) is 12.2 Å². The second-order valence-corrected chi connectivity index (χ2v) is 5.08. The van der Waals surface area contributed by atoms with Gasteiger partial charge < -0.3 is 14.4 Å². The molecule has 1 heterocycles. The average molecular weight is 255 g/mol. The summed E-state index contributed by atoms with van der Waals surface area (Å²) < 4.78 is 12.3. The molecule has 0 bridgehead atoms. The normalized spacial score (nSPS) is 11.2. The van der Waals surface area contributed by atoms with Crippen LogP contribution in [0.4, 0.5) is 4.79 Å². The Labute approximate surface area is 107 Å². The fraction of sp³-hybridized carbons (Fsp3) is 0.667. The molecule has 6 nitrogen and oxygen atoms in total. The molecule has 0 unspecified atom stereocenters. The minimum Gasteiger partial charge on any atom is -0.475 e. The molecule has 0 aliphatic rings. The number of hydrogen-bond acceptors (Lipinski definition) is 4. The van der Waals surface area contributed by atoms with Crippen molar-refractivity contribution in [3.05, 3.63) is 12.3 Å². The topological polar surface area (TPSA) is 56.6 Å². The third kappa shape index (κ3) is 5.07. The Morgan fingerprint density at radius 3 is 2.67 bits per heavy atom. The van der Waals surface area contributed by atoms with Crippen LogP contribution in [0.5, 0.6) is 5.88 Å². The zero-order valence-corrected chi connectivity index (χ0v) is 11.6. The number of aryl methyl sites for hydroxylation is 1. The molecule has 1 aromatic rings. The average Bonchev–Trinajstić information content (AvgIpc) is 2.61. The molecule has 0 aliphatic heterocycles. The molecule has 102 valence electrons. The van der Waals surface area contributed by atoms with Crippen LogP contribution >= 0.6 is 0 Å². The maximum absolute atomic E-state index is 11.6. The Kier molecular flexibility index (Phi) is 4.58. The van der Waals surface area contributed by atoms with Gasteiger partial charge >= 0.3 is 6.09 Å². The lowest BCUT2D eigenvalue weighted by Crippen LogP contribution is -2.36. The minimum absolute atomic E-state index is 0.355. The predicted molar refractivity (Wildman–Crippen MR) is 67.6 cm³/mol. The van der Waals surface area contributed by atoms with Crippen molar-refractivity contribution in [2.24, 2.45) is 7.05 Å². The molecule has 1 rings (SSSR count). The Hall–Kier alpha value is -1.72. The van der Waals surface area contributed by atoms with Gasteiger partial charge in [0.15, 0.2) is 0 Å². The molecule has 0 saturated heterocycles. The first-order valence-electron chi connectivity index (χ1n) is 5.84. The van der Waals surface area contributed by atoms with Crippen LogP contribution in [-0.4, -0.2) is 46.6 Å². The number of ether oxygens (including phenoxy) is 2. The van der Waals surface area contributed by atoms with Crippen LogP contribution < -0.4 is 4.74 Å². The largest absolute Gasteiger partial charge is 0.475 e. The number of amides is 1. The molecular formula is C12H21N3O3. The van der Waals surface area contributed by atoms with Gasteiger partial charge in [-0.3, -0.25) is 4.68 Å². The molecule has 0 saturated carbocycles. The minimum atomic E-state index is -0.479. The summed E-state index contributed by atoms with van der Waals surface area (Å²) in [5.41, 5.74) is -0.479. The van der Waals surface area contributed by atoms with Crippen LogP contribution in [-0.2, 0) is 11.8 Å². The van der Waals surface area contributed by atoms with Gasteiger partial charge in [-0.2, -0.15) is 0 Å². The second-order valence-electron chi connectivity index (χ2n) is 5.08. The van der Waals surface area contributed by atoms with E-state index in [9.17, 15) is 4.79 Å². The molecule has 1 amide bonds. The zero-order chi connectivity index (χ0) is 13.8. The fourth-order valence-corrected chi connectivity index (χ4v) is 1.19. The van der Waals surface area contributed by atoms with E-state index in [0.717, 1.165) is 0 Å². The monoisotopic (exact) mass is 255 g/mol. The fourth-order valence-electron chi connectivity index (χ4n) is 1.19. The lowest BCUT2D eigenvalue weighted by atomic mass is 10.2. The smallest absolute Gasteiger partial charge is 0.410 e. The van der Waals surface area contributed by atoms with Gasteiger partial charge in [0.05, 0.1) is 6.54 Å². The van der Waals surface area contributed by atoms with Gasteiger partial charge in [-0.15, -0.1) is 5.10 Å². The standard InChI is InChI=1S/C12H21N3O3/c1-12(2,3)18-11(16)14(4)8-9-17-10-6-7-15(5)13-10/h6-7H,8-9H2,1-5H3. The van der Waals surface area contributed by atoms with Gasteiger partial charge in [-0.05, 0) is 20.8 Å². The van der Waals surface area contributed by atoms with Gasteiger partial charge in [-0.1, -0.05) is 0 Å². The highest BCUT2D eigenvalue weighted by Crippen LogP contribution is 2.09. The number of aromatic nitrogens is 2. The molecule has 0 atom stereocenters. The summed E-state index contributed by atoms with van der Waals surface area (Å²) in [6.45, 7) is 6.34. The summed E-state index contributed by atoms with van der Waals surface area (Å²) in [6, 6.07) is 1.77. The number of carbonyl (C=O) groups excluding carboxylic acids is 1. The van der Waals surface area contributed by atoms with Crippen LogP contribution in [0.15, 0.2) is 12.3 Å². The Morgan fingerprint density at radius 2 is 2.17 bits per heavy atom. The summed E-state index contributed by atoms with van der Waals surface area (Å²) in [5.74, 6) is 0.551. The van der Waals surface area contributed by atoms with Crippen molar-refractivity contribution >= 4 is 6.09 Å². The quantitative estimate of drug-likeness (QED) is 0.821. The van der Waals surface area contributed by atoms with Crippen LogP contribution in [0, 0.1) is 0 Å². The van der Waals surface area contributed by atoms with E-state index in [1.807, 2.05) is 27.8 Å². The van der Waals surface area contributed by atoms with E-state index in [1.165, 1.54) is 4.90 Å². The van der Waals surface area contributed by atoms with Crippen molar-refractivity contribution in [2.75, 3.05) is 20.2 Å². The first-order valence-corrected chi connectivity index (χ1v) is 5.84. The van der Waals surface area contributed by atoms with Crippen molar-refractivity contribution in [2.45, 2.75) is 26.4 Å². The Bertz CT molecular complexity index is 396. The first kappa shape index (κ1) is 14.3. The lowest BCUT2D eigenvalue weighted by Gasteiger charge is -2.24. The maximum atomic E-state index is 11.6. The van der Waals surface area contributed by atoms with Gasteiger partial charge in [0, 0.05) is 26.4 Å². The number of nitrogens with zero attached hydrogens (tertiary/aromatic N) is 3. The first-order chi connectivity index (χ1) is 8.28. The van der Waals surface area contributed by atoms with Crippen molar-refractivity contribution in [3.63, 3.8) is 0 Å². The van der Waals surface area contributed by atoms with E-state index >= 15 is 0 Å². The van der Waals surface area contributed by atoms with Crippen LogP contribution in [0.1, 0.15) is 20.8 Å². The molecule has 0 spiro atoms. The SMILES string of the molecule is CN(CCOc1ccn(C)n1)C(=O)OC(C)(C)C. The van der Waals surface area contributed by atoms with E-state index in [-0.39, 0.29) is 6.09 Å². The maximum Gasteiger partial charge on any atom is 0.410 e. The van der Waals surface area contributed by atoms with E-state index in [1.54, 1.807) is 24.0 Å². The predicted octanol–water partition coefficient (Wildman–Crippen LogP) is 1.67. The van der Waals surface area contributed by atoms with Crippen molar-refractivity contribution < 1.29 is 14.3 Å². The van der Waals surface area contributed by atoms with Crippen LogP contribution in [0.2, 0.25) is 0 Å². The van der Waals surface area contributed by atoms with Crippen molar-refractivity contribution in [1.29, 1.82) is 0 Å². The van der Waals surface area contributed by atoms with Crippen molar-refractivity contribution in [1.82, 2.24) is 14.7 Å². The Balaban J connectivity index is 2.28.